The number of alkyl halides is 3. The largest absolute Gasteiger partial charge is 0.417 e. The van der Waals surface area contributed by atoms with Gasteiger partial charge in [0, 0.05) is 5.39 Å². The van der Waals surface area contributed by atoms with Crippen molar-refractivity contribution < 1.29 is 13.2 Å². The van der Waals surface area contributed by atoms with Gasteiger partial charge in [-0.3, -0.25) is 0 Å². The molecule has 0 radical (unpaired) electrons. The maximum Gasteiger partial charge on any atom is 0.417 e. The molecule has 0 saturated carbocycles. The topological polar surface area (TPSA) is 23.8 Å². The van der Waals surface area contributed by atoms with Crippen molar-refractivity contribution >= 4 is 10.8 Å². The zero-order chi connectivity index (χ0) is 11.8. The first kappa shape index (κ1) is 10.5. The quantitative estimate of drug-likeness (QED) is 0.664. The van der Waals surface area contributed by atoms with Crippen LogP contribution >= 0.6 is 0 Å². The van der Waals surface area contributed by atoms with E-state index in [9.17, 15) is 13.2 Å². The van der Waals surface area contributed by atoms with Gasteiger partial charge in [0.15, 0.2) is 0 Å². The van der Waals surface area contributed by atoms with Crippen molar-refractivity contribution in [3.05, 3.63) is 47.5 Å². The van der Waals surface area contributed by atoms with E-state index in [1.54, 1.807) is 0 Å². The van der Waals surface area contributed by atoms with E-state index in [1.165, 1.54) is 30.3 Å². The number of benzene rings is 2. The summed E-state index contributed by atoms with van der Waals surface area (Å²) in [6.45, 7) is 0. The molecule has 0 atom stereocenters. The van der Waals surface area contributed by atoms with Crippen LogP contribution in [0.2, 0.25) is 0 Å². The summed E-state index contributed by atoms with van der Waals surface area (Å²) >= 11 is 0. The molecule has 0 amide bonds. The second kappa shape index (κ2) is 3.53. The lowest BCUT2D eigenvalue weighted by atomic mass is 10.0. The van der Waals surface area contributed by atoms with Crippen LogP contribution in [0.3, 0.4) is 0 Å². The van der Waals surface area contributed by atoms with Crippen LogP contribution in [0.15, 0.2) is 36.4 Å². The number of hydrogen-bond donors (Lipinski definition) is 0. The summed E-state index contributed by atoms with van der Waals surface area (Å²) in [5.74, 6) is 0. The smallest absolute Gasteiger partial charge is 0.192 e. The predicted octanol–water partition coefficient (Wildman–Crippen LogP) is 3.73. The fourth-order valence-corrected chi connectivity index (χ4v) is 1.65. The summed E-state index contributed by atoms with van der Waals surface area (Å²) in [5, 5.41) is 9.20. The van der Waals surface area contributed by atoms with Gasteiger partial charge >= 0.3 is 6.18 Å². The Morgan fingerprint density at radius 1 is 0.938 bits per heavy atom. The lowest BCUT2D eigenvalue weighted by Crippen LogP contribution is -2.05. The number of nitrogens with zero attached hydrogens (tertiary/aromatic N) is 1. The van der Waals surface area contributed by atoms with Crippen molar-refractivity contribution in [3.8, 4) is 6.07 Å². The van der Waals surface area contributed by atoms with E-state index in [4.69, 9.17) is 5.26 Å². The van der Waals surface area contributed by atoms with E-state index in [0.717, 1.165) is 6.07 Å². The third-order valence-electron chi connectivity index (χ3n) is 2.35. The van der Waals surface area contributed by atoms with Gasteiger partial charge in [0.25, 0.3) is 0 Å². The van der Waals surface area contributed by atoms with E-state index >= 15 is 0 Å². The van der Waals surface area contributed by atoms with Crippen molar-refractivity contribution in [2.75, 3.05) is 0 Å². The molecule has 0 spiro atoms. The maximum atomic E-state index is 12.7. The number of hydrogen-bond acceptors (Lipinski definition) is 1. The lowest BCUT2D eigenvalue weighted by Gasteiger charge is -2.10. The summed E-state index contributed by atoms with van der Waals surface area (Å²) in [5.41, 5.74) is -0.453. The van der Waals surface area contributed by atoms with E-state index in [0.29, 0.717) is 5.39 Å². The third-order valence-corrected chi connectivity index (χ3v) is 2.35. The fraction of sp³-hybridized carbons (Fsp3) is 0.0833. The zero-order valence-electron chi connectivity index (χ0n) is 8.05. The van der Waals surface area contributed by atoms with Gasteiger partial charge in [0.05, 0.1) is 17.2 Å². The maximum absolute atomic E-state index is 12.7. The van der Waals surface area contributed by atoms with Gasteiger partial charge < -0.3 is 0 Å². The van der Waals surface area contributed by atoms with E-state index in [1.807, 2.05) is 6.07 Å². The number of halogens is 3. The van der Waals surface area contributed by atoms with Crippen LogP contribution in [-0.4, -0.2) is 0 Å². The molecule has 0 aromatic heterocycles. The molecule has 0 bridgehead atoms. The highest BCUT2D eigenvalue weighted by Crippen LogP contribution is 2.35. The van der Waals surface area contributed by atoms with Crippen LogP contribution in [0.4, 0.5) is 13.2 Å². The molecular weight excluding hydrogens is 215 g/mol. The van der Waals surface area contributed by atoms with Crippen molar-refractivity contribution in [2.45, 2.75) is 6.18 Å². The molecule has 2 aromatic carbocycles. The summed E-state index contributed by atoms with van der Waals surface area (Å²) < 4.78 is 38.0. The monoisotopic (exact) mass is 221 g/mol. The minimum absolute atomic E-state index is 0.0639. The Morgan fingerprint density at radius 2 is 1.56 bits per heavy atom. The lowest BCUT2D eigenvalue weighted by molar-refractivity contribution is -0.136. The summed E-state index contributed by atoms with van der Waals surface area (Å²) in [4.78, 5) is 0. The summed E-state index contributed by atoms with van der Waals surface area (Å²) in [6, 6.07) is 10.1. The molecule has 80 valence electrons. The SMILES string of the molecule is N#Cc1cccc2c(C(F)(F)F)cccc12. The van der Waals surface area contributed by atoms with Gasteiger partial charge in [-0.15, -0.1) is 0 Å². The summed E-state index contributed by atoms with van der Waals surface area (Å²) in [7, 11) is 0. The Morgan fingerprint density at radius 3 is 2.19 bits per heavy atom. The van der Waals surface area contributed by atoms with Crippen LogP contribution in [0.5, 0.6) is 0 Å². The molecule has 4 heteroatoms. The highest BCUT2D eigenvalue weighted by Gasteiger charge is 2.32. The number of nitriles is 1. The summed E-state index contributed by atoms with van der Waals surface area (Å²) in [6.07, 6.45) is -4.40. The van der Waals surface area contributed by atoms with Crippen molar-refractivity contribution in [1.29, 1.82) is 5.26 Å². The normalized spacial score (nSPS) is 11.4. The van der Waals surface area contributed by atoms with Gasteiger partial charge in [0.1, 0.15) is 0 Å². The molecule has 0 heterocycles. The first-order valence-electron chi connectivity index (χ1n) is 4.53. The van der Waals surface area contributed by atoms with Crippen LogP contribution in [-0.2, 0) is 6.18 Å². The Balaban J connectivity index is 2.86. The Kier molecular flexibility index (Phi) is 2.31. The molecule has 0 fully saturated rings. The minimum Gasteiger partial charge on any atom is -0.192 e. The fourth-order valence-electron chi connectivity index (χ4n) is 1.65. The highest BCUT2D eigenvalue weighted by atomic mass is 19.4. The van der Waals surface area contributed by atoms with Gasteiger partial charge in [-0.25, -0.2) is 0 Å². The van der Waals surface area contributed by atoms with Crippen molar-refractivity contribution in [2.24, 2.45) is 0 Å². The van der Waals surface area contributed by atoms with E-state index < -0.39 is 11.7 Å². The van der Waals surface area contributed by atoms with Crippen LogP contribution in [0.25, 0.3) is 10.8 Å². The first-order valence-corrected chi connectivity index (χ1v) is 4.53. The molecule has 16 heavy (non-hydrogen) atoms. The molecule has 2 aromatic rings. The standard InChI is InChI=1S/C12H6F3N/c13-12(14,15)11-6-2-4-9-8(7-16)3-1-5-10(9)11/h1-6H. The van der Waals surface area contributed by atoms with Gasteiger partial charge in [-0.05, 0) is 17.5 Å². The van der Waals surface area contributed by atoms with Crippen molar-refractivity contribution in [3.63, 3.8) is 0 Å². The van der Waals surface area contributed by atoms with Gasteiger partial charge in [0.2, 0.25) is 0 Å². The average molecular weight is 221 g/mol. The zero-order valence-corrected chi connectivity index (χ0v) is 8.05. The molecule has 0 aliphatic heterocycles. The molecule has 0 unspecified atom stereocenters. The molecule has 2 rings (SSSR count). The first-order chi connectivity index (χ1) is 7.54. The molecular formula is C12H6F3N. The third kappa shape index (κ3) is 1.61. The minimum atomic E-state index is -4.40. The van der Waals surface area contributed by atoms with Gasteiger partial charge in [-0.2, -0.15) is 18.4 Å². The predicted molar refractivity (Wildman–Crippen MR) is 53.7 cm³/mol. The second-order valence-electron chi connectivity index (χ2n) is 3.32. The Bertz CT molecular complexity index is 579. The number of fused-ring (bicyclic) bond motifs is 1. The average Bonchev–Trinajstić information content (AvgIpc) is 2.26. The number of rotatable bonds is 0. The second-order valence-corrected chi connectivity index (χ2v) is 3.32. The Hall–Kier alpha value is -2.02. The molecule has 1 nitrogen and oxygen atoms in total. The molecule has 0 aliphatic carbocycles. The van der Waals surface area contributed by atoms with E-state index in [-0.39, 0.29) is 10.9 Å². The molecule has 0 aliphatic rings. The van der Waals surface area contributed by atoms with Crippen LogP contribution in [0.1, 0.15) is 11.1 Å². The molecule has 0 saturated heterocycles. The van der Waals surface area contributed by atoms with Crippen LogP contribution < -0.4 is 0 Å². The van der Waals surface area contributed by atoms with Crippen LogP contribution in [0, 0.1) is 11.3 Å². The molecule has 0 N–H and O–H groups in total. The van der Waals surface area contributed by atoms with Crippen molar-refractivity contribution in [1.82, 2.24) is 0 Å². The highest BCUT2D eigenvalue weighted by molar-refractivity contribution is 5.90. The Labute approximate surface area is 89.7 Å². The van der Waals surface area contributed by atoms with Gasteiger partial charge in [-0.1, -0.05) is 24.3 Å². The van der Waals surface area contributed by atoms with E-state index in [2.05, 4.69) is 0 Å².